The van der Waals surface area contributed by atoms with Crippen LogP contribution >= 0.6 is 0 Å². The van der Waals surface area contributed by atoms with Crippen molar-refractivity contribution in [1.29, 1.82) is 0 Å². The summed E-state index contributed by atoms with van der Waals surface area (Å²) in [7, 11) is -4.49. The van der Waals surface area contributed by atoms with Gasteiger partial charge in [0.2, 0.25) is 0 Å². The Bertz CT molecular complexity index is 1280. The predicted molar refractivity (Wildman–Crippen MR) is 101 cm³/mol. The van der Waals surface area contributed by atoms with Gasteiger partial charge in [-0.2, -0.15) is 12.7 Å². The summed E-state index contributed by atoms with van der Waals surface area (Å²) in [4.78, 5) is 24.7. The molecule has 0 atom stereocenters. The summed E-state index contributed by atoms with van der Waals surface area (Å²) in [6.45, 7) is 0.496. The number of halogens is 1. The molecule has 1 saturated carbocycles. The van der Waals surface area contributed by atoms with Crippen molar-refractivity contribution in [3.63, 3.8) is 0 Å². The summed E-state index contributed by atoms with van der Waals surface area (Å²) in [5.41, 5.74) is -0.848. The average Bonchev–Trinajstić information content (AvgIpc) is 3.32. The van der Waals surface area contributed by atoms with Crippen LogP contribution in [-0.4, -0.2) is 36.8 Å². The Hall–Kier alpha value is -2.95. The molecule has 2 aromatic rings. The number of carbonyl (C=O) groups excluding carboxylic acids is 1. The van der Waals surface area contributed by atoms with Gasteiger partial charge in [0, 0.05) is 17.5 Å². The van der Waals surface area contributed by atoms with Gasteiger partial charge in [-0.25, -0.2) is 4.39 Å². The largest absolute Gasteiger partial charge is 0.505 e. The first-order valence-electron chi connectivity index (χ1n) is 9.18. The maximum Gasteiger partial charge on any atom is 0.352 e. The molecule has 29 heavy (non-hydrogen) atoms. The van der Waals surface area contributed by atoms with E-state index in [1.54, 1.807) is 0 Å². The summed E-state index contributed by atoms with van der Waals surface area (Å²) in [6.07, 6.45) is 3.78. The van der Waals surface area contributed by atoms with Gasteiger partial charge in [-0.15, -0.1) is 4.40 Å². The zero-order valence-electron chi connectivity index (χ0n) is 15.1. The van der Waals surface area contributed by atoms with Crippen LogP contribution in [-0.2, 0) is 28.0 Å². The minimum atomic E-state index is -4.49. The van der Waals surface area contributed by atoms with Crippen molar-refractivity contribution in [3.8, 4) is 11.5 Å². The normalized spacial score (nSPS) is 19.5. The van der Waals surface area contributed by atoms with Crippen LogP contribution < -0.4 is 14.6 Å². The van der Waals surface area contributed by atoms with Crippen LogP contribution in [0.2, 0.25) is 0 Å². The molecule has 1 amide bonds. The maximum atomic E-state index is 15.4. The van der Waals surface area contributed by atoms with Crippen LogP contribution in [0.5, 0.6) is 11.5 Å². The van der Waals surface area contributed by atoms with Gasteiger partial charge in [0.1, 0.15) is 17.7 Å². The van der Waals surface area contributed by atoms with E-state index in [2.05, 4.69) is 4.40 Å². The number of anilines is 1. The molecule has 5 rings (SSSR count). The van der Waals surface area contributed by atoms with Crippen molar-refractivity contribution in [2.24, 2.45) is 10.3 Å². The number of aromatic hydroxyl groups is 1. The molecule has 2 aliphatic heterocycles. The van der Waals surface area contributed by atoms with Gasteiger partial charge in [-0.3, -0.25) is 9.59 Å². The lowest BCUT2D eigenvalue weighted by Gasteiger charge is -2.19. The zero-order chi connectivity index (χ0) is 20.5. The number of phenolic OH excluding ortho intramolecular Hbond substituents is 1. The minimum Gasteiger partial charge on any atom is -0.505 e. The number of hydrogen-bond acceptors (Lipinski definition) is 6. The maximum absolute atomic E-state index is 15.4. The molecule has 1 fully saturated rings. The summed E-state index contributed by atoms with van der Waals surface area (Å²) < 4.78 is 49.8. The number of aromatic nitrogens is 1. The molecule has 1 N–H and O–H groups in total. The molecule has 0 spiro atoms. The molecular formula is C18H16FN3O6S. The highest BCUT2D eigenvalue weighted by atomic mass is 32.2. The molecule has 3 heterocycles. The summed E-state index contributed by atoms with van der Waals surface area (Å²) >= 11 is 0. The quantitative estimate of drug-likeness (QED) is 0.776. The molecule has 0 saturated heterocycles. The molecule has 1 aromatic carbocycles. The number of nitrogens with zero attached hydrogens (tertiary/aromatic N) is 3. The lowest BCUT2D eigenvalue weighted by Crippen LogP contribution is -2.31. The van der Waals surface area contributed by atoms with Crippen molar-refractivity contribution in [2.45, 2.75) is 32.2 Å². The molecule has 9 nitrogen and oxygen atoms in total. The van der Waals surface area contributed by atoms with E-state index < -0.39 is 38.9 Å². The third kappa shape index (κ3) is 2.64. The number of hydrogen-bond donors (Lipinski definition) is 1. The van der Waals surface area contributed by atoms with Crippen LogP contribution in [0.4, 0.5) is 10.1 Å². The number of pyridine rings is 1. The van der Waals surface area contributed by atoms with Crippen LogP contribution in [0.15, 0.2) is 15.3 Å². The molecule has 0 radical (unpaired) electrons. The van der Waals surface area contributed by atoms with Crippen LogP contribution in [0.25, 0.3) is 10.9 Å². The Kier molecular flexibility index (Phi) is 3.76. The molecule has 0 unspecified atom stereocenters. The summed E-state index contributed by atoms with van der Waals surface area (Å²) in [6, 6.07) is 1.21. The fourth-order valence-corrected chi connectivity index (χ4v) is 4.87. The third-order valence-corrected chi connectivity index (χ3v) is 6.69. The lowest BCUT2D eigenvalue weighted by atomic mass is 10.1. The third-order valence-electron chi connectivity index (χ3n) is 5.49. The first-order chi connectivity index (χ1) is 13.8. The van der Waals surface area contributed by atoms with Crippen molar-refractivity contribution in [2.75, 3.05) is 10.9 Å². The van der Waals surface area contributed by atoms with Gasteiger partial charge < -0.3 is 14.4 Å². The Morgan fingerprint density at radius 2 is 2.07 bits per heavy atom. The second kappa shape index (κ2) is 6.02. The van der Waals surface area contributed by atoms with E-state index in [1.807, 2.05) is 0 Å². The standard InChI is InChI=1S/C18H16FN3O6S/c19-14-11-7-12(28-6-4-9-1-2-9)18(25)21-5-3-10(15(11)21)17(24)16(14)22-13(23)8-20-29(22,26)27/h7-9,24H,1-6H2. The monoisotopic (exact) mass is 421 g/mol. The van der Waals surface area contributed by atoms with Gasteiger partial charge in [0.15, 0.2) is 11.6 Å². The summed E-state index contributed by atoms with van der Waals surface area (Å²) in [5.74, 6) is -2.37. The van der Waals surface area contributed by atoms with Gasteiger partial charge in [-0.1, -0.05) is 12.8 Å². The SMILES string of the molecule is O=C1C=NS(=O)(=O)N1c1c(O)c2c3c(cc(OCCC4CC4)c(=O)n3CC2)c1F. The van der Waals surface area contributed by atoms with E-state index >= 15 is 4.39 Å². The second-order valence-electron chi connectivity index (χ2n) is 7.36. The number of carbonyl (C=O) groups is 1. The lowest BCUT2D eigenvalue weighted by molar-refractivity contribution is -0.110. The first-order valence-corrected chi connectivity index (χ1v) is 10.6. The van der Waals surface area contributed by atoms with E-state index in [9.17, 15) is 23.1 Å². The minimum absolute atomic E-state index is 0.0478. The number of aryl methyl sites for hydroxylation is 2. The fourth-order valence-electron chi connectivity index (χ4n) is 3.88. The van der Waals surface area contributed by atoms with E-state index in [-0.39, 0.29) is 39.5 Å². The molecule has 1 aromatic heterocycles. The van der Waals surface area contributed by atoms with E-state index in [0.29, 0.717) is 18.7 Å². The Morgan fingerprint density at radius 3 is 2.72 bits per heavy atom. The van der Waals surface area contributed by atoms with Crippen molar-refractivity contribution >= 4 is 38.9 Å². The van der Waals surface area contributed by atoms with Crippen LogP contribution in [0.3, 0.4) is 0 Å². The number of phenols is 1. The zero-order valence-corrected chi connectivity index (χ0v) is 15.9. The van der Waals surface area contributed by atoms with Gasteiger partial charge in [0.25, 0.3) is 11.5 Å². The number of amides is 1. The van der Waals surface area contributed by atoms with Gasteiger partial charge >= 0.3 is 10.2 Å². The van der Waals surface area contributed by atoms with E-state index in [0.717, 1.165) is 19.3 Å². The molecule has 3 aliphatic rings. The smallest absolute Gasteiger partial charge is 0.352 e. The Balaban J connectivity index is 1.70. The number of ether oxygens (including phenoxy) is 1. The second-order valence-corrected chi connectivity index (χ2v) is 8.83. The highest BCUT2D eigenvalue weighted by Crippen LogP contribution is 2.44. The average molecular weight is 421 g/mol. The highest BCUT2D eigenvalue weighted by Gasteiger charge is 2.40. The van der Waals surface area contributed by atoms with Crippen LogP contribution in [0.1, 0.15) is 24.8 Å². The Morgan fingerprint density at radius 1 is 1.31 bits per heavy atom. The molecule has 0 bridgehead atoms. The van der Waals surface area contributed by atoms with Crippen molar-refractivity contribution in [3.05, 3.63) is 27.8 Å². The predicted octanol–water partition coefficient (Wildman–Crippen LogP) is 1.24. The van der Waals surface area contributed by atoms with Crippen LogP contribution in [0, 0.1) is 11.7 Å². The van der Waals surface area contributed by atoms with E-state index in [4.69, 9.17) is 4.74 Å². The van der Waals surface area contributed by atoms with Gasteiger partial charge in [0.05, 0.1) is 12.1 Å². The van der Waals surface area contributed by atoms with Gasteiger partial charge in [-0.05, 0) is 24.8 Å². The molecular weight excluding hydrogens is 405 g/mol. The molecule has 11 heteroatoms. The highest BCUT2D eigenvalue weighted by molar-refractivity contribution is 7.93. The molecule has 1 aliphatic carbocycles. The van der Waals surface area contributed by atoms with E-state index in [1.165, 1.54) is 10.6 Å². The van der Waals surface area contributed by atoms with Crippen molar-refractivity contribution in [1.82, 2.24) is 4.57 Å². The Labute approximate surface area is 164 Å². The first kappa shape index (κ1) is 18.1. The fraction of sp³-hybridized carbons (Fsp3) is 0.389. The topological polar surface area (TPSA) is 118 Å². The summed E-state index contributed by atoms with van der Waals surface area (Å²) in [5, 5.41) is 10.5. The number of rotatable bonds is 5. The van der Waals surface area contributed by atoms with Crippen molar-refractivity contribution < 1.29 is 27.4 Å². The molecule has 152 valence electrons. The number of benzene rings is 1.